The van der Waals surface area contributed by atoms with Crippen LogP contribution >= 0.6 is 34.3 Å². The van der Waals surface area contributed by atoms with E-state index in [4.69, 9.17) is 11.6 Å². The second kappa shape index (κ2) is 7.03. The van der Waals surface area contributed by atoms with E-state index < -0.39 is 0 Å². The van der Waals surface area contributed by atoms with Gasteiger partial charge in [-0.3, -0.25) is 9.59 Å². The average Bonchev–Trinajstić information content (AvgIpc) is 3.03. The van der Waals surface area contributed by atoms with Gasteiger partial charge in [0, 0.05) is 11.9 Å². The molecule has 23 heavy (non-hydrogen) atoms. The first-order chi connectivity index (χ1) is 11.1. The fourth-order valence-electron chi connectivity index (χ4n) is 2.80. The zero-order valence-electron chi connectivity index (χ0n) is 12.7. The Morgan fingerprint density at radius 2 is 1.87 bits per heavy atom. The average molecular weight is 369 g/mol. The topological polar surface area (TPSA) is 58.2 Å². The predicted molar refractivity (Wildman–Crippen MR) is 96.3 cm³/mol. The van der Waals surface area contributed by atoms with Crippen LogP contribution in [0.5, 0.6) is 0 Å². The van der Waals surface area contributed by atoms with E-state index in [2.05, 4.69) is 10.6 Å². The summed E-state index contributed by atoms with van der Waals surface area (Å²) in [6.07, 6.45) is 5.28. The lowest BCUT2D eigenvalue weighted by Crippen LogP contribution is -2.21. The van der Waals surface area contributed by atoms with Gasteiger partial charge in [0.05, 0.1) is 14.8 Å². The van der Waals surface area contributed by atoms with Gasteiger partial charge in [-0.1, -0.05) is 18.0 Å². The molecular formula is C16H17ClN2O2S2. The van der Waals surface area contributed by atoms with E-state index in [1.807, 2.05) is 0 Å². The van der Waals surface area contributed by atoms with Crippen LogP contribution < -0.4 is 10.6 Å². The number of fused-ring (bicyclic) bond motifs is 1. The first kappa shape index (κ1) is 16.5. The minimum atomic E-state index is -0.219. The molecule has 1 aliphatic carbocycles. The number of nitrogens with one attached hydrogen (secondary N) is 2. The monoisotopic (exact) mass is 368 g/mol. The lowest BCUT2D eigenvalue weighted by atomic mass is 10.0. The first-order valence-electron chi connectivity index (χ1n) is 7.53. The van der Waals surface area contributed by atoms with E-state index in [9.17, 15) is 9.59 Å². The van der Waals surface area contributed by atoms with Crippen LogP contribution in [-0.4, -0.2) is 18.9 Å². The molecule has 0 spiro atoms. The number of carbonyl (C=O) groups excluding carboxylic acids is 2. The highest BCUT2D eigenvalue weighted by Gasteiger charge is 2.25. The molecule has 4 nitrogen and oxygen atoms in total. The summed E-state index contributed by atoms with van der Waals surface area (Å²) in [7, 11) is 1.62. The second-order valence-corrected chi connectivity index (χ2v) is 8.23. The molecule has 7 heteroatoms. The van der Waals surface area contributed by atoms with Crippen LogP contribution in [0.1, 0.15) is 49.7 Å². The zero-order valence-corrected chi connectivity index (χ0v) is 15.1. The zero-order chi connectivity index (χ0) is 16.4. The summed E-state index contributed by atoms with van der Waals surface area (Å²) in [6, 6.07) is 3.39. The number of anilines is 1. The predicted octanol–water partition coefficient (Wildman–Crippen LogP) is 4.34. The van der Waals surface area contributed by atoms with Gasteiger partial charge in [0.2, 0.25) is 0 Å². The highest BCUT2D eigenvalue weighted by Crippen LogP contribution is 2.38. The van der Waals surface area contributed by atoms with Gasteiger partial charge in [-0.05, 0) is 43.4 Å². The number of amides is 2. The summed E-state index contributed by atoms with van der Waals surface area (Å²) in [4.78, 5) is 26.5. The molecule has 3 rings (SSSR count). The molecule has 0 saturated heterocycles. The van der Waals surface area contributed by atoms with Crippen LogP contribution in [0.2, 0.25) is 4.34 Å². The maximum absolute atomic E-state index is 12.4. The van der Waals surface area contributed by atoms with Gasteiger partial charge < -0.3 is 10.6 Å². The lowest BCUT2D eigenvalue weighted by Gasteiger charge is -2.07. The third kappa shape index (κ3) is 3.44. The van der Waals surface area contributed by atoms with Gasteiger partial charge in [-0.2, -0.15) is 0 Å². The highest BCUT2D eigenvalue weighted by molar-refractivity contribution is 7.18. The van der Waals surface area contributed by atoms with Crippen LogP contribution in [-0.2, 0) is 12.8 Å². The molecule has 0 aromatic carbocycles. The summed E-state index contributed by atoms with van der Waals surface area (Å²) in [5.74, 6) is -0.354. The van der Waals surface area contributed by atoms with Crippen LogP contribution in [0.25, 0.3) is 0 Å². The number of thiophene rings is 2. The Bertz CT molecular complexity index is 751. The van der Waals surface area contributed by atoms with Crippen molar-refractivity contribution in [2.24, 2.45) is 0 Å². The van der Waals surface area contributed by atoms with Crippen LogP contribution in [0.4, 0.5) is 5.00 Å². The molecule has 0 bridgehead atoms. The van der Waals surface area contributed by atoms with Crippen molar-refractivity contribution < 1.29 is 9.59 Å². The van der Waals surface area contributed by atoms with E-state index in [0.29, 0.717) is 19.8 Å². The van der Waals surface area contributed by atoms with E-state index in [1.165, 1.54) is 34.0 Å². The second-order valence-electron chi connectivity index (χ2n) is 5.41. The summed E-state index contributed by atoms with van der Waals surface area (Å²) >= 11 is 8.65. The van der Waals surface area contributed by atoms with Gasteiger partial charge in [-0.25, -0.2) is 0 Å². The van der Waals surface area contributed by atoms with Gasteiger partial charge in [0.1, 0.15) is 5.00 Å². The van der Waals surface area contributed by atoms with E-state index in [1.54, 1.807) is 19.2 Å². The Morgan fingerprint density at radius 3 is 2.57 bits per heavy atom. The van der Waals surface area contributed by atoms with Gasteiger partial charge in [0.25, 0.3) is 11.8 Å². The minimum Gasteiger partial charge on any atom is -0.355 e. The Morgan fingerprint density at radius 1 is 1.09 bits per heavy atom. The Kier molecular flexibility index (Phi) is 5.04. The van der Waals surface area contributed by atoms with Gasteiger partial charge in [-0.15, -0.1) is 22.7 Å². The molecule has 1 aliphatic rings. The standard InChI is InChI=1S/C16H17ClN2O2S2/c1-18-15(21)13-9-5-3-2-4-6-10(9)23-16(13)19-14(20)11-7-8-12(17)22-11/h7-8H,2-6H2,1H3,(H,18,21)(H,19,20). The SMILES string of the molecule is CNC(=O)c1c(NC(=O)c2ccc(Cl)s2)sc2c1CCCCC2. The summed E-state index contributed by atoms with van der Waals surface area (Å²) in [5, 5.41) is 6.24. The molecule has 0 radical (unpaired) electrons. The van der Waals surface area contributed by atoms with Crippen LogP contribution in [0.3, 0.4) is 0 Å². The smallest absolute Gasteiger partial charge is 0.266 e. The number of aryl methyl sites for hydroxylation is 1. The Balaban J connectivity index is 1.94. The third-order valence-corrected chi connectivity index (χ3v) is 6.34. The number of hydrogen-bond donors (Lipinski definition) is 2. The van der Waals surface area contributed by atoms with Crippen molar-refractivity contribution in [2.75, 3.05) is 12.4 Å². The van der Waals surface area contributed by atoms with Crippen molar-refractivity contribution in [3.8, 4) is 0 Å². The molecule has 0 atom stereocenters. The molecule has 2 N–H and O–H groups in total. The van der Waals surface area contributed by atoms with Crippen molar-refractivity contribution in [2.45, 2.75) is 32.1 Å². The quantitative estimate of drug-likeness (QED) is 0.791. The summed E-state index contributed by atoms with van der Waals surface area (Å²) in [5.41, 5.74) is 1.73. The Labute approximate surface area is 147 Å². The molecule has 0 aliphatic heterocycles. The molecule has 2 aromatic heterocycles. The maximum Gasteiger partial charge on any atom is 0.266 e. The third-order valence-electron chi connectivity index (χ3n) is 3.90. The van der Waals surface area contributed by atoms with Gasteiger partial charge in [0.15, 0.2) is 0 Å². The fraction of sp³-hybridized carbons (Fsp3) is 0.375. The summed E-state index contributed by atoms with van der Waals surface area (Å²) < 4.78 is 0.573. The lowest BCUT2D eigenvalue weighted by molar-refractivity contribution is 0.0963. The molecule has 122 valence electrons. The van der Waals surface area contributed by atoms with Gasteiger partial charge >= 0.3 is 0 Å². The first-order valence-corrected chi connectivity index (χ1v) is 9.54. The molecule has 2 amide bonds. The van der Waals surface area contributed by atoms with Crippen molar-refractivity contribution >= 4 is 51.1 Å². The molecule has 0 unspecified atom stereocenters. The van der Waals surface area contributed by atoms with Crippen molar-refractivity contribution in [1.82, 2.24) is 5.32 Å². The van der Waals surface area contributed by atoms with E-state index in [0.717, 1.165) is 31.2 Å². The number of carbonyl (C=O) groups is 2. The number of halogens is 1. The molecule has 0 saturated carbocycles. The fourth-order valence-corrected chi connectivity index (χ4v) is 5.02. The van der Waals surface area contributed by atoms with Crippen molar-refractivity contribution in [3.63, 3.8) is 0 Å². The van der Waals surface area contributed by atoms with E-state index >= 15 is 0 Å². The highest BCUT2D eigenvalue weighted by atomic mass is 35.5. The normalized spacial score (nSPS) is 14.0. The largest absolute Gasteiger partial charge is 0.355 e. The van der Waals surface area contributed by atoms with Crippen molar-refractivity contribution in [1.29, 1.82) is 0 Å². The molecular weight excluding hydrogens is 352 g/mol. The van der Waals surface area contributed by atoms with Crippen LogP contribution in [0.15, 0.2) is 12.1 Å². The van der Waals surface area contributed by atoms with Crippen LogP contribution in [0, 0.1) is 0 Å². The van der Waals surface area contributed by atoms with E-state index in [-0.39, 0.29) is 11.8 Å². The number of rotatable bonds is 3. The minimum absolute atomic E-state index is 0.135. The van der Waals surface area contributed by atoms with Crippen molar-refractivity contribution in [3.05, 3.63) is 37.4 Å². The Hall–Kier alpha value is -1.37. The molecule has 2 aromatic rings. The molecule has 0 fully saturated rings. The maximum atomic E-state index is 12.4. The molecule has 2 heterocycles. The number of hydrogen-bond acceptors (Lipinski definition) is 4. The summed E-state index contributed by atoms with van der Waals surface area (Å²) in [6.45, 7) is 0.